The van der Waals surface area contributed by atoms with Gasteiger partial charge in [-0.25, -0.2) is 0 Å². The number of benzene rings is 2. The summed E-state index contributed by atoms with van der Waals surface area (Å²) in [6, 6.07) is 14.1. The zero-order valence-corrected chi connectivity index (χ0v) is 11.2. The van der Waals surface area contributed by atoms with Crippen LogP contribution in [0.2, 0.25) is 0 Å². The van der Waals surface area contributed by atoms with Crippen LogP contribution in [0.5, 0.6) is 0 Å². The third kappa shape index (κ3) is 3.55. The Labute approximate surface area is 113 Å². The lowest BCUT2D eigenvalue weighted by Gasteiger charge is -2.12. The maximum atomic E-state index is 11.9. The fourth-order valence-electron chi connectivity index (χ4n) is 2.14. The number of amides is 1. The second kappa shape index (κ2) is 6.34. The molecule has 0 aliphatic carbocycles. The van der Waals surface area contributed by atoms with Gasteiger partial charge in [0.25, 0.3) is 0 Å². The summed E-state index contributed by atoms with van der Waals surface area (Å²) >= 11 is 0. The third-order valence-electron chi connectivity index (χ3n) is 3.42. The van der Waals surface area contributed by atoms with E-state index < -0.39 is 0 Å². The van der Waals surface area contributed by atoms with E-state index in [0.717, 1.165) is 17.5 Å². The van der Waals surface area contributed by atoms with E-state index in [-0.39, 0.29) is 11.8 Å². The molecular formula is C16H20N2O. The van der Waals surface area contributed by atoms with E-state index in [1.165, 1.54) is 5.39 Å². The Hall–Kier alpha value is -1.87. The molecule has 1 unspecified atom stereocenters. The smallest absolute Gasteiger partial charge is 0.224 e. The van der Waals surface area contributed by atoms with E-state index >= 15 is 0 Å². The van der Waals surface area contributed by atoms with Gasteiger partial charge in [-0.3, -0.25) is 4.79 Å². The Balaban J connectivity index is 2.06. The number of fused-ring (bicyclic) bond motifs is 1. The van der Waals surface area contributed by atoms with Crippen molar-refractivity contribution in [3.05, 3.63) is 42.5 Å². The van der Waals surface area contributed by atoms with Crippen molar-refractivity contribution in [2.75, 3.05) is 11.9 Å². The molecule has 1 atom stereocenters. The largest absolute Gasteiger partial charge is 0.330 e. The predicted molar refractivity (Wildman–Crippen MR) is 80.0 cm³/mol. The molecule has 19 heavy (non-hydrogen) atoms. The van der Waals surface area contributed by atoms with Gasteiger partial charge in [-0.1, -0.05) is 43.7 Å². The molecule has 3 N–H and O–H groups in total. The number of hydrogen-bond donors (Lipinski definition) is 2. The second-order valence-electron chi connectivity index (χ2n) is 4.82. The van der Waals surface area contributed by atoms with Crippen LogP contribution in [-0.2, 0) is 4.79 Å². The normalized spacial score (nSPS) is 12.3. The van der Waals surface area contributed by atoms with Crippen molar-refractivity contribution in [1.29, 1.82) is 0 Å². The first kappa shape index (κ1) is 13.6. The molecular weight excluding hydrogens is 236 g/mol. The minimum atomic E-state index is 0.0348. The fraction of sp³-hybridized carbons (Fsp3) is 0.312. The first-order valence-corrected chi connectivity index (χ1v) is 6.71. The van der Waals surface area contributed by atoms with Crippen molar-refractivity contribution in [3.8, 4) is 0 Å². The van der Waals surface area contributed by atoms with E-state index in [1.54, 1.807) is 0 Å². The maximum absolute atomic E-state index is 11.9. The summed E-state index contributed by atoms with van der Waals surface area (Å²) < 4.78 is 0. The van der Waals surface area contributed by atoms with Crippen molar-refractivity contribution in [2.24, 2.45) is 11.7 Å². The van der Waals surface area contributed by atoms with Crippen molar-refractivity contribution in [2.45, 2.75) is 19.8 Å². The number of nitrogens with two attached hydrogens (primary N) is 1. The van der Waals surface area contributed by atoms with Crippen molar-refractivity contribution in [3.63, 3.8) is 0 Å². The third-order valence-corrected chi connectivity index (χ3v) is 3.42. The minimum Gasteiger partial charge on any atom is -0.330 e. The molecule has 0 saturated heterocycles. The highest BCUT2D eigenvalue weighted by molar-refractivity contribution is 5.94. The van der Waals surface area contributed by atoms with E-state index in [9.17, 15) is 4.79 Å². The van der Waals surface area contributed by atoms with Gasteiger partial charge in [0, 0.05) is 12.1 Å². The standard InChI is InChI=1S/C16H20N2O/c1-2-12(11-17)9-16(19)18-15-8-7-13-5-3-4-6-14(13)10-15/h3-8,10,12H,2,9,11,17H2,1H3,(H,18,19). The zero-order chi connectivity index (χ0) is 13.7. The van der Waals surface area contributed by atoms with Crippen LogP contribution in [0.3, 0.4) is 0 Å². The first-order chi connectivity index (χ1) is 9.22. The number of carbonyl (C=O) groups is 1. The summed E-state index contributed by atoms with van der Waals surface area (Å²) in [6.45, 7) is 2.61. The molecule has 100 valence electrons. The summed E-state index contributed by atoms with van der Waals surface area (Å²) in [7, 11) is 0. The van der Waals surface area contributed by atoms with E-state index in [0.29, 0.717) is 13.0 Å². The summed E-state index contributed by atoms with van der Waals surface area (Å²) in [5, 5.41) is 5.24. The molecule has 3 heteroatoms. The fourth-order valence-corrected chi connectivity index (χ4v) is 2.14. The molecule has 0 radical (unpaired) electrons. The lowest BCUT2D eigenvalue weighted by atomic mass is 10.0. The van der Waals surface area contributed by atoms with Crippen LogP contribution in [0.4, 0.5) is 5.69 Å². The van der Waals surface area contributed by atoms with E-state index in [4.69, 9.17) is 5.73 Å². The Morgan fingerprint density at radius 2 is 1.95 bits per heavy atom. The van der Waals surface area contributed by atoms with Crippen LogP contribution in [0.1, 0.15) is 19.8 Å². The summed E-state index contributed by atoms with van der Waals surface area (Å²) in [5.74, 6) is 0.299. The van der Waals surface area contributed by atoms with Gasteiger partial charge in [0.15, 0.2) is 0 Å². The average molecular weight is 256 g/mol. The molecule has 0 spiro atoms. The first-order valence-electron chi connectivity index (χ1n) is 6.71. The quantitative estimate of drug-likeness (QED) is 0.863. The molecule has 0 bridgehead atoms. The number of rotatable bonds is 5. The molecule has 0 saturated carbocycles. The Morgan fingerprint density at radius 1 is 1.21 bits per heavy atom. The lowest BCUT2D eigenvalue weighted by Crippen LogP contribution is -2.21. The van der Waals surface area contributed by atoms with Gasteiger partial charge in [0.1, 0.15) is 0 Å². The number of carbonyl (C=O) groups excluding carboxylic acids is 1. The van der Waals surface area contributed by atoms with Gasteiger partial charge in [0.05, 0.1) is 0 Å². The molecule has 2 rings (SSSR count). The highest BCUT2D eigenvalue weighted by Crippen LogP contribution is 2.19. The Kier molecular flexibility index (Phi) is 4.53. The highest BCUT2D eigenvalue weighted by Gasteiger charge is 2.10. The summed E-state index contributed by atoms with van der Waals surface area (Å²) in [4.78, 5) is 11.9. The molecule has 0 aliphatic heterocycles. The summed E-state index contributed by atoms with van der Waals surface area (Å²) in [5.41, 5.74) is 6.46. The molecule has 0 heterocycles. The number of anilines is 1. The van der Waals surface area contributed by atoms with Gasteiger partial charge in [-0.05, 0) is 35.4 Å². The number of nitrogens with one attached hydrogen (secondary N) is 1. The topological polar surface area (TPSA) is 55.1 Å². The van der Waals surface area contributed by atoms with Gasteiger partial charge in [-0.2, -0.15) is 0 Å². The molecule has 1 amide bonds. The molecule has 0 fully saturated rings. The van der Waals surface area contributed by atoms with Crippen molar-refractivity contribution in [1.82, 2.24) is 0 Å². The lowest BCUT2D eigenvalue weighted by molar-refractivity contribution is -0.117. The predicted octanol–water partition coefficient (Wildman–Crippen LogP) is 3.15. The van der Waals surface area contributed by atoms with Crippen LogP contribution in [0, 0.1) is 5.92 Å². The minimum absolute atomic E-state index is 0.0348. The second-order valence-corrected chi connectivity index (χ2v) is 4.82. The van der Waals surface area contributed by atoms with E-state index in [1.807, 2.05) is 36.4 Å². The van der Waals surface area contributed by atoms with Crippen LogP contribution in [0.25, 0.3) is 10.8 Å². The Bertz CT molecular complexity index is 561. The molecule has 0 aliphatic rings. The maximum Gasteiger partial charge on any atom is 0.224 e. The van der Waals surface area contributed by atoms with E-state index in [2.05, 4.69) is 18.3 Å². The monoisotopic (exact) mass is 256 g/mol. The zero-order valence-electron chi connectivity index (χ0n) is 11.2. The molecule has 0 aromatic heterocycles. The van der Waals surface area contributed by atoms with Gasteiger partial charge in [0.2, 0.25) is 5.91 Å². The van der Waals surface area contributed by atoms with Crippen molar-refractivity contribution < 1.29 is 4.79 Å². The SMILES string of the molecule is CCC(CN)CC(=O)Nc1ccc2ccccc2c1. The van der Waals surface area contributed by atoms with Crippen LogP contribution < -0.4 is 11.1 Å². The van der Waals surface area contributed by atoms with Gasteiger partial charge in [-0.15, -0.1) is 0 Å². The van der Waals surface area contributed by atoms with Crippen LogP contribution in [-0.4, -0.2) is 12.5 Å². The van der Waals surface area contributed by atoms with Gasteiger partial charge >= 0.3 is 0 Å². The number of hydrogen-bond acceptors (Lipinski definition) is 2. The molecule has 2 aromatic carbocycles. The summed E-state index contributed by atoms with van der Waals surface area (Å²) in [6.07, 6.45) is 1.42. The van der Waals surface area contributed by atoms with Crippen LogP contribution >= 0.6 is 0 Å². The average Bonchev–Trinajstić information content (AvgIpc) is 2.44. The van der Waals surface area contributed by atoms with Gasteiger partial charge < -0.3 is 11.1 Å². The molecule has 3 nitrogen and oxygen atoms in total. The highest BCUT2D eigenvalue weighted by atomic mass is 16.1. The Morgan fingerprint density at radius 3 is 2.63 bits per heavy atom. The van der Waals surface area contributed by atoms with Crippen LogP contribution in [0.15, 0.2) is 42.5 Å². The molecule has 2 aromatic rings. The van der Waals surface area contributed by atoms with Crippen molar-refractivity contribution >= 4 is 22.4 Å².